The van der Waals surface area contributed by atoms with Crippen LogP contribution in [-0.4, -0.2) is 20.9 Å². The number of nitrogens with zero attached hydrogens (tertiary/aromatic N) is 2. The average Bonchev–Trinajstić information content (AvgIpc) is 2.83. The van der Waals surface area contributed by atoms with E-state index in [1.54, 1.807) is 10.9 Å². The number of rotatable bonds is 4. The summed E-state index contributed by atoms with van der Waals surface area (Å²) in [6.07, 6.45) is 1.62. The Labute approximate surface area is 110 Å². The van der Waals surface area contributed by atoms with Gasteiger partial charge in [-0.25, -0.2) is 4.79 Å². The molecule has 0 aliphatic rings. The predicted molar refractivity (Wildman–Crippen MR) is 72.1 cm³/mol. The van der Waals surface area contributed by atoms with Gasteiger partial charge in [-0.1, -0.05) is 13.8 Å². The van der Waals surface area contributed by atoms with Gasteiger partial charge in [-0.3, -0.25) is 4.68 Å². The van der Waals surface area contributed by atoms with Gasteiger partial charge in [-0.05, 0) is 29.9 Å². The molecule has 5 heteroatoms. The molecule has 0 aliphatic heterocycles. The summed E-state index contributed by atoms with van der Waals surface area (Å²) < 4.78 is 1.72. The van der Waals surface area contributed by atoms with E-state index in [-0.39, 0.29) is 5.56 Å². The summed E-state index contributed by atoms with van der Waals surface area (Å²) in [5.74, 6) is -0.489. The number of thiophene rings is 1. The van der Waals surface area contributed by atoms with Crippen LogP contribution in [0.3, 0.4) is 0 Å². The second-order valence-electron chi connectivity index (χ2n) is 4.75. The third kappa shape index (κ3) is 2.46. The fraction of sp³-hybridized carbons (Fsp3) is 0.385. The third-order valence-corrected chi connectivity index (χ3v) is 3.64. The molecule has 0 aromatic carbocycles. The van der Waals surface area contributed by atoms with Crippen LogP contribution in [0.1, 0.15) is 29.8 Å². The number of aromatic carboxylic acids is 1. The molecule has 18 heavy (non-hydrogen) atoms. The summed E-state index contributed by atoms with van der Waals surface area (Å²) in [5.41, 5.74) is 1.93. The molecular weight excluding hydrogens is 248 g/mol. The van der Waals surface area contributed by atoms with Crippen LogP contribution in [0, 0.1) is 12.8 Å². The van der Waals surface area contributed by atoms with Gasteiger partial charge in [0.15, 0.2) is 0 Å². The molecule has 2 aromatic heterocycles. The number of aryl methyl sites for hydroxylation is 1. The Kier molecular flexibility index (Phi) is 3.52. The average molecular weight is 264 g/mol. The molecule has 0 amide bonds. The lowest BCUT2D eigenvalue weighted by atomic mass is 10.1. The second kappa shape index (κ2) is 4.94. The maximum Gasteiger partial charge on any atom is 0.339 e. The Balaban J connectivity index is 2.48. The van der Waals surface area contributed by atoms with E-state index in [1.807, 2.05) is 18.4 Å². The van der Waals surface area contributed by atoms with E-state index in [4.69, 9.17) is 0 Å². The molecule has 0 spiro atoms. The topological polar surface area (TPSA) is 55.1 Å². The fourth-order valence-corrected chi connectivity index (χ4v) is 2.75. The number of carbonyl (C=O) groups is 1. The standard InChI is InChI=1S/C13H16N2O2S/c1-8(2)6-15-7-10(13(16)17)11(14-15)12-9(3)4-5-18-12/h4-5,7-8H,6H2,1-3H3,(H,16,17). The predicted octanol–water partition coefficient (Wildman–Crippen LogP) is 3.27. The first-order valence-electron chi connectivity index (χ1n) is 5.84. The van der Waals surface area contributed by atoms with Crippen molar-refractivity contribution in [3.05, 3.63) is 28.8 Å². The molecule has 1 N–H and O–H groups in total. The number of carboxylic acids is 1. The molecule has 2 aromatic rings. The zero-order valence-electron chi connectivity index (χ0n) is 10.7. The Morgan fingerprint density at radius 1 is 1.56 bits per heavy atom. The molecule has 0 unspecified atom stereocenters. The van der Waals surface area contributed by atoms with Crippen molar-refractivity contribution < 1.29 is 9.90 Å². The first kappa shape index (κ1) is 12.8. The third-order valence-electron chi connectivity index (χ3n) is 2.62. The van der Waals surface area contributed by atoms with E-state index >= 15 is 0 Å². The highest BCUT2D eigenvalue weighted by Gasteiger charge is 2.19. The van der Waals surface area contributed by atoms with Crippen LogP contribution in [0.5, 0.6) is 0 Å². The highest BCUT2D eigenvalue weighted by molar-refractivity contribution is 7.13. The Bertz CT molecular complexity index is 569. The van der Waals surface area contributed by atoms with Crippen molar-refractivity contribution in [2.24, 2.45) is 5.92 Å². The van der Waals surface area contributed by atoms with Crippen molar-refractivity contribution in [1.82, 2.24) is 9.78 Å². The summed E-state index contributed by atoms with van der Waals surface area (Å²) in [5, 5.41) is 15.6. The summed E-state index contributed by atoms with van der Waals surface area (Å²) in [7, 11) is 0. The first-order valence-corrected chi connectivity index (χ1v) is 6.72. The lowest BCUT2D eigenvalue weighted by molar-refractivity contribution is 0.0697. The van der Waals surface area contributed by atoms with Crippen LogP contribution >= 0.6 is 11.3 Å². The quantitative estimate of drug-likeness (QED) is 0.922. The number of aromatic nitrogens is 2. The van der Waals surface area contributed by atoms with E-state index in [0.717, 1.165) is 17.0 Å². The van der Waals surface area contributed by atoms with E-state index in [0.29, 0.717) is 11.6 Å². The van der Waals surface area contributed by atoms with Gasteiger partial charge < -0.3 is 5.11 Å². The summed E-state index contributed by atoms with van der Waals surface area (Å²) in [4.78, 5) is 12.2. The van der Waals surface area contributed by atoms with Crippen molar-refractivity contribution in [2.45, 2.75) is 27.3 Å². The summed E-state index contributed by atoms with van der Waals surface area (Å²) in [6.45, 7) is 6.86. The largest absolute Gasteiger partial charge is 0.478 e. The molecule has 0 saturated carbocycles. The monoisotopic (exact) mass is 264 g/mol. The van der Waals surface area contributed by atoms with Gasteiger partial charge in [0.1, 0.15) is 11.3 Å². The molecule has 2 heterocycles. The van der Waals surface area contributed by atoms with Crippen molar-refractivity contribution in [2.75, 3.05) is 0 Å². The van der Waals surface area contributed by atoms with Crippen LogP contribution < -0.4 is 0 Å². The molecule has 0 radical (unpaired) electrons. The van der Waals surface area contributed by atoms with Gasteiger partial charge in [-0.15, -0.1) is 11.3 Å². The molecule has 0 saturated heterocycles. The Morgan fingerprint density at radius 2 is 2.28 bits per heavy atom. The van der Waals surface area contributed by atoms with Crippen molar-refractivity contribution in [3.8, 4) is 10.6 Å². The maximum absolute atomic E-state index is 11.3. The summed E-state index contributed by atoms with van der Waals surface area (Å²) >= 11 is 1.53. The maximum atomic E-state index is 11.3. The molecule has 4 nitrogen and oxygen atoms in total. The van der Waals surface area contributed by atoms with E-state index in [9.17, 15) is 9.90 Å². The van der Waals surface area contributed by atoms with Crippen LogP contribution in [-0.2, 0) is 6.54 Å². The lowest BCUT2D eigenvalue weighted by Crippen LogP contribution is -2.04. The van der Waals surface area contributed by atoms with Gasteiger partial charge >= 0.3 is 5.97 Å². The Morgan fingerprint density at radius 3 is 2.78 bits per heavy atom. The van der Waals surface area contributed by atoms with E-state index in [2.05, 4.69) is 18.9 Å². The van der Waals surface area contributed by atoms with Crippen molar-refractivity contribution in [3.63, 3.8) is 0 Å². The van der Waals surface area contributed by atoms with Gasteiger partial charge in [0.05, 0.1) is 4.88 Å². The number of carboxylic acid groups (broad SMARTS) is 1. The molecule has 96 valence electrons. The highest BCUT2D eigenvalue weighted by Crippen LogP contribution is 2.30. The molecule has 0 atom stereocenters. The SMILES string of the molecule is Cc1ccsc1-c1nn(CC(C)C)cc1C(=O)O. The molecule has 0 aliphatic carbocycles. The fourth-order valence-electron chi connectivity index (χ4n) is 1.83. The highest BCUT2D eigenvalue weighted by atomic mass is 32.1. The Hall–Kier alpha value is -1.62. The number of hydrogen-bond acceptors (Lipinski definition) is 3. The van der Waals surface area contributed by atoms with Crippen molar-refractivity contribution >= 4 is 17.3 Å². The van der Waals surface area contributed by atoms with Crippen LogP contribution in [0.15, 0.2) is 17.6 Å². The first-order chi connectivity index (χ1) is 8.49. The minimum absolute atomic E-state index is 0.279. The van der Waals surface area contributed by atoms with Gasteiger partial charge in [0, 0.05) is 12.7 Å². The van der Waals surface area contributed by atoms with E-state index < -0.39 is 5.97 Å². The molecule has 0 bridgehead atoms. The second-order valence-corrected chi connectivity index (χ2v) is 5.66. The van der Waals surface area contributed by atoms with Gasteiger partial charge in [0.25, 0.3) is 0 Å². The van der Waals surface area contributed by atoms with Gasteiger partial charge in [-0.2, -0.15) is 5.10 Å². The molecule has 2 rings (SSSR count). The molecule has 0 fully saturated rings. The minimum atomic E-state index is -0.923. The summed E-state index contributed by atoms with van der Waals surface area (Å²) in [6, 6.07) is 1.98. The van der Waals surface area contributed by atoms with Crippen molar-refractivity contribution in [1.29, 1.82) is 0 Å². The molecular formula is C13H16N2O2S. The van der Waals surface area contributed by atoms with E-state index in [1.165, 1.54) is 11.3 Å². The lowest BCUT2D eigenvalue weighted by Gasteiger charge is -2.03. The zero-order chi connectivity index (χ0) is 13.3. The normalized spacial score (nSPS) is 11.1. The van der Waals surface area contributed by atoms with Gasteiger partial charge in [0.2, 0.25) is 0 Å². The smallest absolute Gasteiger partial charge is 0.339 e. The zero-order valence-corrected chi connectivity index (χ0v) is 11.5. The van der Waals surface area contributed by atoms with Crippen LogP contribution in [0.2, 0.25) is 0 Å². The van der Waals surface area contributed by atoms with Crippen LogP contribution in [0.25, 0.3) is 10.6 Å². The van der Waals surface area contributed by atoms with Crippen LogP contribution in [0.4, 0.5) is 0 Å². The minimum Gasteiger partial charge on any atom is -0.478 e. The number of hydrogen-bond donors (Lipinski definition) is 1.